The van der Waals surface area contributed by atoms with Gasteiger partial charge in [0.25, 0.3) is 0 Å². The van der Waals surface area contributed by atoms with Gasteiger partial charge in [-0.25, -0.2) is 9.78 Å². The van der Waals surface area contributed by atoms with Crippen LogP contribution in [0.15, 0.2) is 36.4 Å². The molecular weight excluding hydrogens is 246 g/mol. The first-order valence-corrected chi connectivity index (χ1v) is 4.65. The Hall–Kier alpha value is -1.42. The van der Waals surface area contributed by atoms with E-state index in [-0.39, 0.29) is 0 Å². The van der Waals surface area contributed by atoms with Crippen LogP contribution in [0.5, 0.6) is 0 Å². The summed E-state index contributed by atoms with van der Waals surface area (Å²) in [7, 11) is 0. The molecule has 0 amide bonds. The number of halogens is 1. The first kappa shape index (κ1) is 9.15. The molecule has 0 radical (unpaired) electrons. The van der Waals surface area contributed by atoms with Crippen LogP contribution >= 0.6 is 16.3 Å². The normalized spacial score (nSPS) is 10.1. The van der Waals surface area contributed by atoms with Crippen molar-refractivity contribution in [3.8, 4) is 0 Å². The predicted molar refractivity (Wildman–Crippen MR) is 56.1 cm³/mol. The van der Waals surface area contributed by atoms with Gasteiger partial charge in [0.2, 0.25) is 0 Å². The SMILES string of the molecule is O=C(OBr)c1ccc2ccccc2n1. The number of carbonyl (C=O) groups is 1. The smallest absolute Gasteiger partial charge is 0.368 e. The maximum absolute atomic E-state index is 11.1. The number of pyridine rings is 1. The van der Waals surface area contributed by atoms with Gasteiger partial charge in [-0.2, -0.15) is 0 Å². The molecule has 0 unspecified atom stereocenters. The van der Waals surface area contributed by atoms with Gasteiger partial charge >= 0.3 is 5.97 Å². The zero-order chi connectivity index (χ0) is 9.97. The van der Waals surface area contributed by atoms with Gasteiger partial charge in [0.05, 0.1) is 5.52 Å². The van der Waals surface area contributed by atoms with E-state index in [0.717, 1.165) is 10.9 Å². The van der Waals surface area contributed by atoms with Crippen LogP contribution in [-0.4, -0.2) is 11.0 Å². The van der Waals surface area contributed by atoms with Gasteiger partial charge in [-0.05, 0) is 12.1 Å². The van der Waals surface area contributed by atoms with Crippen LogP contribution in [-0.2, 0) is 3.83 Å². The van der Waals surface area contributed by atoms with Crippen LogP contribution in [0.2, 0.25) is 0 Å². The fraction of sp³-hybridized carbons (Fsp3) is 0. The topological polar surface area (TPSA) is 39.2 Å². The molecule has 0 fully saturated rings. The molecule has 0 bridgehead atoms. The van der Waals surface area contributed by atoms with E-state index in [9.17, 15) is 4.79 Å². The molecular formula is C10H6BrNO2. The number of fused-ring (bicyclic) bond motifs is 1. The van der Waals surface area contributed by atoms with Gasteiger partial charge in [0.1, 0.15) is 5.69 Å². The van der Waals surface area contributed by atoms with E-state index in [1.165, 1.54) is 0 Å². The lowest BCUT2D eigenvalue weighted by molar-refractivity contribution is 0.0776. The van der Waals surface area contributed by atoms with Crippen molar-refractivity contribution in [2.75, 3.05) is 0 Å². The monoisotopic (exact) mass is 251 g/mol. The van der Waals surface area contributed by atoms with Crippen molar-refractivity contribution in [3.63, 3.8) is 0 Å². The molecule has 2 aromatic rings. The predicted octanol–water partition coefficient (Wildman–Crippen LogP) is 2.70. The molecule has 1 aromatic heterocycles. The van der Waals surface area contributed by atoms with Gasteiger partial charge in [0.15, 0.2) is 16.3 Å². The largest absolute Gasteiger partial charge is 0.379 e. The minimum atomic E-state index is -0.490. The van der Waals surface area contributed by atoms with Gasteiger partial charge in [-0.15, -0.1) is 0 Å². The summed E-state index contributed by atoms with van der Waals surface area (Å²) in [5, 5.41) is 0.999. The van der Waals surface area contributed by atoms with Crippen LogP contribution < -0.4 is 0 Å². The maximum atomic E-state index is 11.1. The highest BCUT2D eigenvalue weighted by Gasteiger charge is 2.07. The van der Waals surface area contributed by atoms with Crippen LogP contribution in [0.4, 0.5) is 0 Å². The third-order valence-corrected chi connectivity index (χ3v) is 2.17. The van der Waals surface area contributed by atoms with E-state index >= 15 is 0 Å². The lowest BCUT2D eigenvalue weighted by Gasteiger charge is -1.98. The summed E-state index contributed by atoms with van der Waals surface area (Å²) in [6.45, 7) is 0. The summed E-state index contributed by atoms with van der Waals surface area (Å²) in [4.78, 5) is 15.3. The number of nitrogens with zero attached hydrogens (tertiary/aromatic N) is 1. The summed E-state index contributed by atoms with van der Waals surface area (Å²) >= 11 is 2.63. The van der Waals surface area contributed by atoms with Crippen LogP contribution in [0.3, 0.4) is 0 Å². The van der Waals surface area contributed by atoms with Gasteiger partial charge < -0.3 is 3.83 Å². The Morgan fingerprint density at radius 1 is 1.21 bits per heavy atom. The Balaban J connectivity index is 2.56. The Labute approximate surface area is 89.2 Å². The molecule has 1 heterocycles. The quantitative estimate of drug-likeness (QED) is 0.783. The number of para-hydroxylation sites is 1. The maximum Gasteiger partial charge on any atom is 0.368 e. The molecule has 3 nitrogen and oxygen atoms in total. The first-order chi connectivity index (χ1) is 6.81. The summed E-state index contributed by atoms with van der Waals surface area (Å²) in [5.41, 5.74) is 1.07. The van der Waals surface area contributed by atoms with Gasteiger partial charge in [0, 0.05) is 5.39 Å². The summed E-state index contributed by atoms with van der Waals surface area (Å²) in [5.74, 6) is -0.490. The third kappa shape index (κ3) is 1.61. The Morgan fingerprint density at radius 3 is 2.79 bits per heavy atom. The molecule has 1 aromatic carbocycles. The molecule has 2 rings (SSSR count). The van der Waals surface area contributed by atoms with E-state index in [4.69, 9.17) is 0 Å². The minimum Gasteiger partial charge on any atom is -0.379 e. The van der Waals surface area contributed by atoms with Crippen LogP contribution in [0, 0.1) is 0 Å². The molecule has 0 saturated carbocycles. The fourth-order valence-corrected chi connectivity index (χ4v) is 1.39. The van der Waals surface area contributed by atoms with Crippen LogP contribution in [0.25, 0.3) is 10.9 Å². The molecule has 4 heteroatoms. The molecule has 0 atom stereocenters. The average Bonchev–Trinajstić information content (AvgIpc) is 2.27. The van der Waals surface area contributed by atoms with Crippen molar-refractivity contribution in [3.05, 3.63) is 42.1 Å². The second-order valence-electron chi connectivity index (χ2n) is 2.75. The molecule has 14 heavy (non-hydrogen) atoms. The summed E-state index contributed by atoms with van der Waals surface area (Å²) < 4.78 is 4.40. The fourth-order valence-electron chi connectivity index (χ4n) is 1.22. The van der Waals surface area contributed by atoms with Crippen molar-refractivity contribution in [2.45, 2.75) is 0 Å². The molecule has 0 spiro atoms. The standard InChI is InChI=1S/C10H6BrNO2/c11-14-10(13)9-6-5-7-3-1-2-4-8(7)12-9/h1-6H. The molecule has 70 valence electrons. The molecule has 0 aliphatic rings. The number of rotatable bonds is 1. The zero-order valence-corrected chi connectivity index (χ0v) is 8.69. The minimum absolute atomic E-state index is 0.292. The Morgan fingerprint density at radius 2 is 2.00 bits per heavy atom. The summed E-state index contributed by atoms with van der Waals surface area (Å²) in [6, 6.07) is 11.0. The Kier molecular flexibility index (Phi) is 2.45. The van der Waals surface area contributed by atoms with Crippen LogP contribution in [0.1, 0.15) is 10.5 Å². The lowest BCUT2D eigenvalue weighted by atomic mass is 10.2. The highest BCUT2D eigenvalue weighted by atomic mass is 79.9. The number of hydrogen-bond donors (Lipinski definition) is 0. The zero-order valence-electron chi connectivity index (χ0n) is 7.11. The molecule has 0 aliphatic carbocycles. The van der Waals surface area contributed by atoms with Crippen molar-refractivity contribution in [1.29, 1.82) is 0 Å². The van der Waals surface area contributed by atoms with Gasteiger partial charge in [-0.1, -0.05) is 24.3 Å². The van der Waals surface area contributed by atoms with Crippen molar-refractivity contribution in [2.24, 2.45) is 0 Å². The highest BCUT2D eigenvalue weighted by molar-refractivity contribution is 9.06. The first-order valence-electron chi connectivity index (χ1n) is 4.00. The second-order valence-corrected chi connectivity index (χ2v) is 3.08. The number of hydrogen-bond acceptors (Lipinski definition) is 3. The number of aromatic nitrogens is 1. The van der Waals surface area contributed by atoms with Crippen molar-refractivity contribution >= 4 is 33.1 Å². The van der Waals surface area contributed by atoms with E-state index in [0.29, 0.717) is 5.69 Å². The van der Waals surface area contributed by atoms with E-state index in [2.05, 4.69) is 25.1 Å². The van der Waals surface area contributed by atoms with Crippen molar-refractivity contribution < 1.29 is 8.62 Å². The lowest BCUT2D eigenvalue weighted by Crippen LogP contribution is -2.00. The molecule has 0 aliphatic heterocycles. The van der Waals surface area contributed by atoms with Crippen molar-refractivity contribution in [1.82, 2.24) is 4.98 Å². The van der Waals surface area contributed by atoms with Gasteiger partial charge in [-0.3, -0.25) is 0 Å². The molecule has 0 saturated heterocycles. The molecule has 0 N–H and O–H groups in total. The van der Waals surface area contributed by atoms with E-state index < -0.39 is 5.97 Å². The second kappa shape index (κ2) is 3.75. The van der Waals surface area contributed by atoms with E-state index in [1.807, 2.05) is 30.3 Å². The third-order valence-electron chi connectivity index (χ3n) is 1.88. The number of carbonyl (C=O) groups excluding carboxylic acids is 1. The average molecular weight is 252 g/mol. The highest BCUT2D eigenvalue weighted by Crippen LogP contribution is 2.12. The summed E-state index contributed by atoms with van der Waals surface area (Å²) in [6.07, 6.45) is 0. The number of benzene rings is 1. The van der Waals surface area contributed by atoms with E-state index in [1.54, 1.807) is 6.07 Å². The Bertz CT molecular complexity index is 484.